The van der Waals surface area contributed by atoms with Crippen molar-refractivity contribution in [2.45, 2.75) is 106 Å². The maximum Gasteiger partial charge on any atom is 0.164 e. The second kappa shape index (κ2) is 16.5. The molecular formula is C45H54IrNO2S2-. The summed E-state index contributed by atoms with van der Waals surface area (Å²) in [5, 5.41) is 16.5. The van der Waals surface area contributed by atoms with Gasteiger partial charge in [-0.2, -0.15) is 0 Å². The number of carbonyl (C=O) groups excluding carboxylic acids is 1. The molecule has 0 spiro atoms. The summed E-state index contributed by atoms with van der Waals surface area (Å²) in [6.07, 6.45) is 13.8. The van der Waals surface area contributed by atoms with E-state index in [1.165, 1.54) is 38.5 Å². The van der Waals surface area contributed by atoms with E-state index in [4.69, 9.17) is 4.98 Å². The third-order valence-corrected chi connectivity index (χ3v) is 13.6. The first-order valence-electron chi connectivity index (χ1n) is 18.2. The number of ketones is 1. The van der Waals surface area contributed by atoms with Crippen LogP contribution in [0.4, 0.5) is 0 Å². The summed E-state index contributed by atoms with van der Waals surface area (Å²) in [4.78, 5) is 19.8. The van der Waals surface area contributed by atoms with E-state index in [-0.39, 0.29) is 47.9 Å². The second-order valence-corrected chi connectivity index (χ2v) is 17.5. The molecule has 2 unspecified atom stereocenters. The summed E-state index contributed by atoms with van der Waals surface area (Å²) in [5.74, 6) is 0.772. The molecule has 3 nitrogen and oxygen atoms in total. The largest absolute Gasteiger partial charge is 0.512 e. The van der Waals surface area contributed by atoms with Gasteiger partial charge in [-0.05, 0) is 55.0 Å². The molecule has 0 bridgehead atoms. The maximum absolute atomic E-state index is 12.2. The molecule has 2 aromatic heterocycles. The second-order valence-electron chi connectivity index (χ2n) is 15.4. The van der Waals surface area contributed by atoms with Crippen LogP contribution in [0.3, 0.4) is 0 Å². The Labute approximate surface area is 328 Å². The van der Waals surface area contributed by atoms with Gasteiger partial charge in [0, 0.05) is 64.2 Å². The van der Waals surface area contributed by atoms with E-state index in [9.17, 15) is 9.90 Å². The molecule has 0 saturated carbocycles. The Morgan fingerprint density at radius 1 is 0.902 bits per heavy atom. The zero-order valence-corrected chi connectivity index (χ0v) is 36.0. The first-order chi connectivity index (χ1) is 23.7. The van der Waals surface area contributed by atoms with Crippen LogP contribution in [0.15, 0.2) is 89.6 Å². The van der Waals surface area contributed by atoms with Gasteiger partial charge < -0.3 is 5.11 Å². The van der Waals surface area contributed by atoms with Gasteiger partial charge in [0.05, 0.1) is 0 Å². The Morgan fingerprint density at radius 2 is 1.55 bits per heavy atom. The monoisotopic (exact) mass is 897 g/mol. The molecule has 2 aromatic carbocycles. The van der Waals surface area contributed by atoms with Crippen LogP contribution in [0.5, 0.6) is 0 Å². The minimum Gasteiger partial charge on any atom is -0.512 e. The number of carbonyl (C=O) groups is 1. The summed E-state index contributed by atoms with van der Waals surface area (Å²) in [6.45, 7) is 21.2. The third kappa shape index (κ3) is 8.41. The standard InChI is InChI=1S/C30H26NS2.C15H28O2.Ir/c1-18-21-10-7-8-12-27(21)33-28(18)24-17-26(31-29-23(24)13-14-32-29)20-15-19-9-5-6-11-22(19)25(16-20)30(2,3)4;1-7-14(5,8-2)12(16)11-13(17)15(6,9-3)10-4;/h5-14,16-17,21,27H,1-4H3;11,16H,7-10H2,1-6H3;/q-1;;/b;12-11-;. The van der Waals surface area contributed by atoms with Crippen molar-refractivity contribution >= 4 is 54.8 Å². The van der Waals surface area contributed by atoms with Gasteiger partial charge in [-0.25, -0.2) is 0 Å². The van der Waals surface area contributed by atoms with Crippen LogP contribution in [0.2, 0.25) is 0 Å². The fraction of sp³-hybridized carbons (Fsp3) is 0.422. The number of hydrogen-bond donors (Lipinski definition) is 1. The van der Waals surface area contributed by atoms with Crippen molar-refractivity contribution in [1.82, 2.24) is 4.98 Å². The van der Waals surface area contributed by atoms with Gasteiger partial charge >= 0.3 is 0 Å². The van der Waals surface area contributed by atoms with Gasteiger partial charge in [0.15, 0.2) is 5.78 Å². The number of allylic oxidation sites excluding steroid dienone is 6. The average molecular weight is 897 g/mol. The molecule has 2 atom stereocenters. The van der Waals surface area contributed by atoms with E-state index < -0.39 is 0 Å². The molecule has 0 fully saturated rings. The zero-order valence-electron chi connectivity index (χ0n) is 31.9. The Hall–Kier alpha value is -2.76. The fourth-order valence-electron chi connectivity index (χ4n) is 6.69. The van der Waals surface area contributed by atoms with Gasteiger partial charge in [0.25, 0.3) is 0 Å². The Kier molecular flexibility index (Phi) is 13.3. The van der Waals surface area contributed by atoms with Crippen LogP contribution in [0.25, 0.3) is 37.2 Å². The number of rotatable bonds is 9. The van der Waals surface area contributed by atoms with Crippen molar-refractivity contribution < 1.29 is 30.0 Å². The van der Waals surface area contributed by atoms with Crippen molar-refractivity contribution in [2.75, 3.05) is 0 Å². The van der Waals surface area contributed by atoms with E-state index in [1.807, 2.05) is 53.3 Å². The Bertz CT molecular complexity index is 2000. The van der Waals surface area contributed by atoms with Crippen molar-refractivity contribution in [2.24, 2.45) is 16.7 Å². The molecule has 51 heavy (non-hydrogen) atoms. The molecule has 0 amide bonds. The quantitative estimate of drug-likeness (QED) is 0.103. The third-order valence-electron chi connectivity index (χ3n) is 11.3. The Morgan fingerprint density at radius 3 is 2.18 bits per heavy atom. The number of thiophene rings is 1. The van der Waals surface area contributed by atoms with Gasteiger partial charge in [-0.1, -0.05) is 127 Å². The van der Waals surface area contributed by atoms with E-state index in [0.717, 1.165) is 47.2 Å². The first kappa shape index (κ1) is 41.0. The van der Waals surface area contributed by atoms with E-state index in [0.29, 0.717) is 11.2 Å². The molecular weight excluding hydrogens is 843 g/mol. The minimum atomic E-state index is -0.337. The summed E-state index contributed by atoms with van der Waals surface area (Å²) < 4.78 is 0. The molecule has 6 heteroatoms. The number of thioether (sulfide) groups is 1. The number of pyridine rings is 1. The van der Waals surface area contributed by atoms with Gasteiger partial charge in [-0.3, -0.25) is 9.78 Å². The molecule has 0 saturated heterocycles. The van der Waals surface area contributed by atoms with Crippen LogP contribution < -0.4 is 0 Å². The van der Waals surface area contributed by atoms with Gasteiger partial charge in [0.2, 0.25) is 0 Å². The zero-order chi connectivity index (χ0) is 36.4. The molecule has 273 valence electrons. The summed E-state index contributed by atoms with van der Waals surface area (Å²) in [5.41, 5.74) is 5.64. The summed E-state index contributed by atoms with van der Waals surface area (Å²) in [6, 6.07) is 19.1. The molecule has 3 heterocycles. The van der Waals surface area contributed by atoms with Crippen LogP contribution in [0.1, 0.15) is 106 Å². The van der Waals surface area contributed by atoms with Crippen LogP contribution in [-0.2, 0) is 30.3 Å². The van der Waals surface area contributed by atoms with Crippen LogP contribution in [0, 0.1) is 22.8 Å². The number of fused-ring (bicyclic) bond motifs is 3. The van der Waals surface area contributed by atoms with Crippen LogP contribution in [-0.4, -0.2) is 21.1 Å². The Balaban J connectivity index is 0.000000279. The smallest absolute Gasteiger partial charge is 0.164 e. The van der Waals surface area contributed by atoms with Crippen molar-refractivity contribution in [1.29, 1.82) is 0 Å². The van der Waals surface area contributed by atoms with E-state index in [2.05, 4.69) is 106 Å². The molecule has 1 aliphatic heterocycles. The number of hydrogen-bond acceptors (Lipinski definition) is 5. The SMILES string of the molecule is CC1=C(c2cc(-c3[c-]c4ccccc4c(C(C)(C)C)c3)nc3sccc23)SC2C=CC=CC12.CCC(C)(CC)C(=O)/C=C(\O)C(C)(CC)CC.[Ir]. The van der Waals surface area contributed by atoms with E-state index in [1.54, 1.807) is 11.3 Å². The topological polar surface area (TPSA) is 50.2 Å². The average Bonchev–Trinajstić information content (AvgIpc) is 3.74. The van der Waals surface area contributed by atoms with Crippen molar-refractivity contribution in [3.8, 4) is 11.3 Å². The number of aliphatic hydroxyl groups excluding tert-OH is 1. The predicted octanol–water partition coefficient (Wildman–Crippen LogP) is 13.5. The molecule has 4 aromatic rings. The van der Waals surface area contributed by atoms with Gasteiger partial charge in [0.1, 0.15) is 10.6 Å². The molecule has 6 rings (SSSR count). The van der Waals surface area contributed by atoms with Crippen molar-refractivity contribution in [3.05, 3.63) is 107 Å². The first-order valence-corrected chi connectivity index (χ1v) is 20.0. The van der Waals surface area contributed by atoms with E-state index >= 15 is 0 Å². The minimum absolute atomic E-state index is 0. The summed E-state index contributed by atoms with van der Waals surface area (Å²) >= 11 is 3.72. The maximum atomic E-state index is 12.2. The number of aliphatic hydroxyl groups is 1. The number of aromatic nitrogens is 1. The molecule has 1 N–H and O–H groups in total. The molecule has 1 aliphatic carbocycles. The molecule has 1 radical (unpaired) electrons. The normalized spacial score (nSPS) is 17.7. The van der Waals surface area contributed by atoms with Gasteiger partial charge in [-0.15, -0.1) is 52.2 Å². The van der Waals surface area contributed by atoms with Crippen LogP contribution >= 0.6 is 23.1 Å². The predicted molar refractivity (Wildman–Crippen MR) is 219 cm³/mol. The number of benzene rings is 2. The number of nitrogens with zero attached hydrogens (tertiary/aromatic N) is 1. The fourth-order valence-corrected chi connectivity index (χ4v) is 8.98. The molecule has 2 aliphatic rings. The van der Waals surface area contributed by atoms with Crippen molar-refractivity contribution in [3.63, 3.8) is 0 Å². The summed E-state index contributed by atoms with van der Waals surface area (Å²) in [7, 11) is 0.